The van der Waals surface area contributed by atoms with Gasteiger partial charge in [-0.2, -0.15) is 0 Å². The third-order valence-corrected chi connectivity index (χ3v) is 2.79. The van der Waals surface area contributed by atoms with Gasteiger partial charge >= 0.3 is 0 Å². The number of methoxy groups -OCH3 is 1. The zero-order chi connectivity index (χ0) is 11.3. The van der Waals surface area contributed by atoms with Gasteiger partial charge in [0.25, 0.3) is 0 Å². The number of rotatable bonds is 5. The molecule has 0 saturated heterocycles. The van der Waals surface area contributed by atoms with Crippen molar-refractivity contribution in [1.29, 1.82) is 0 Å². The first-order chi connectivity index (χ1) is 7.13. The second-order valence-electron chi connectivity index (χ2n) is 4.26. The minimum Gasteiger partial charge on any atom is -0.497 e. The fraction of sp³-hybridized carbons (Fsp3) is 0.538. The van der Waals surface area contributed by atoms with Crippen LogP contribution in [0.15, 0.2) is 24.3 Å². The minimum atomic E-state index is 0.548. The van der Waals surface area contributed by atoms with Crippen LogP contribution in [0, 0.1) is 5.92 Å². The van der Waals surface area contributed by atoms with Crippen LogP contribution in [0.25, 0.3) is 0 Å². The van der Waals surface area contributed by atoms with E-state index in [1.807, 2.05) is 12.1 Å². The van der Waals surface area contributed by atoms with Crippen molar-refractivity contribution in [2.75, 3.05) is 7.11 Å². The van der Waals surface area contributed by atoms with Crippen LogP contribution >= 0.6 is 0 Å². The number of benzene rings is 1. The highest BCUT2D eigenvalue weighted by molar-refractivity contribution is 5.27. The molecule has 1 rings (SSSR count). The molecule has 1 atom stereocenters. The predicted molar refractivity (Wildman–Crippen MR) is 64.1 cm³/mol. The first-order valence-electron chi connectivity index (χ1n) is 5.49. The molecule has 0 aliphatic rings. The molecule has 1 N–H and O–H groups in total. The Hall–Kier alpha value is -1.02. The number of hydrogen-bond acceptors (Lipinski definition) is 2. The van der Waals surface area contributed by atoms with Crippen LogP contribution in [0.3, 0.4) is 0 Å². The first-order valence-corrected chi connectivity index (χ1v) is 5.49. The summed E-state index contributed by atoms with van der Waals surface area (Å²) < 4.78 is 5.11. The quantitative estimate of drug-likeness (QED) is 0.801. The van der Waals surface area contributed by atoms with Crippen LogP contribution < -0.4 is 10.1 Å². The second-order valence-corrected chi connectivity index (χ2v) is 4.26. The zero-order valence-electron chi connectivity index (χ0n) is 10.1. The van der Waals surface area contributed by atoms with Gasteiger partial charge in [0.2, 0.25) is 0 Å². The lowest BCUT2D eigenvalue weighted by molar-refractivity contribution is 0.413. The first kappa shape index (κ1) is 12.1. The summed E-state index contributed by atoms with van der Waals surface area (Å²) >= 11 is 0. The lowest BCUT2D eigenvalue weighted by Gasteiger charge is -2.17. The highest BCUT2D eigenvalue weighted by Crippen LogP contribution is 2.11. The Morgan fingerprint density at radius 2 is 1.73 bits per heavy atom. The molecule has 0 bridgehead atoms. The maximum Gasteiger partial charge on any atom is 0.118 e. The van der Waals surface area contributed by atoms with E-state index in [0.29, 0.717) is 12.0 Å². The Labute approximate surface area is 92.6 Å². The maximum absolute atomic E-state index is 5.11. The molecule has 84 valence electrons. The Bertz CT molecular complexity index is 279. The zero-order valence-corrected chi connectivity index (χ0v) is 10.1. The topological polar surface area (TPSA) is 21.3 Å². The minimum absolute atomic E-state index is 0.548. The van der Waals surface area contributed by atoms with Crippen molar-refractivity contribution in [1.82, 2.24) is 5.32 Å². The van der Waals surface area contributed by atoms with Crippen LogP contribution in [-0.4, -0.2) is 13.2 Å². The summed E-state index contributed by atoms with van der Waals surface area (Å²) in [6, 6.07) is 8.73. The number of nitrogens with one attached hydrogen (secondary N) is 1. The predicted octanol–water partition coefficient (Wildman–Crippen LogP) is 2.83. The summed E-state index contributed by atoms with van der Waals surface area (Å²) in [5.41, 5.74) is 1.29. The van der Waals surface area contributed by atoms with Crippen LogP contribution in [0.5, 0.6) is 5.75 Å². The van der Waals surface area contributed by atoms with E-state index in [0.717, 1.165) is 12.3 Å². The number of ether oxygens (including phenoxy) is 1. The monoisotopic (exact) mass is 207 g/mol. The number of hydrogen-bond donors (Lipinski definition) is 1. The van der Waals surface area contributed by atoms with Crippen LogP contribution in [0.4, 0.5) is 0 Å². The van der Waals surface area contributed by atoms with Gasteiger partial charge in [0, 0.05) is 12.6 Å². The van der Waals surface area contributed by atoms with Crippen LogP contribution in [0.1, 0.15) is 26.3 Å². The van der Waals surface area contributed by atoms with Crippen molar-refractivity contribution in [3.63, 3.8) is 0 Å². The summed E-state index contributed by atoms with van der Waals surface area (Å²) in [4.78, 5) is 0. The van der Waals surface area contributed by atoms with Gasteiger partial charge in [0.1, 0.15) is 5.75 Å². The van der Waals surface area contributed by atoms with Gasteiger partial charge in [0.15, 0.2) is 0 Å². The SMILES string of the molecule is COc1ccc(CNC(C)C(C)C)cc1. The van der Waals surface area contributed by atoms with E-state index < -0.39 is 0 Å². The molecule has 0 heterocycles. The molecular formula is C13H21NO. The molecule has 0 saturated carbocycles. The molecule has 0 aliphatic carbocycles. The van der Waals surface area contributed by atoms with Gasteiger partial charge in [0.05, 0.1) is 7.11 Å². The van der Waals surface area contributed by atoms with Crippen molar-refractivity contribution in [2.45, 2.75) is 33.4 Å². The summed E-state index contributed by atoms with van der Waals surface area (Å²) in [6.45, 7) is 7.59. The Kier molecular flexibility index (Phi) is 4.63. The molecule has 0 fully saturated rings. The highest BCUT2D eigenvalue weighted by Gasteiger charge is 2.05. The van der Waals surface area contributed by atoms with Crippen LogP contribution in [-0.2, 0) is 6.54 Å². The molecule has 1 unspecified atom stereocenters. The maximum atomic E-state index is 5.11. The molecule has 2 heteroatoms. The Balaban J connectivity index is 2.44. The molecule has 0 radical (unpaired) electrons. The molecule has 2 nitrogen and oxygen atoms in total. The van der Waals surface area contributed by atoms with Gasteiger partial charge in [-0.25, -0.2) is 0 Å². The average molecular weight is 207 g/mol. The third-order valence-electron chi connectivity index (χ3n) is 2.79. The van der Waals surface area contributed by atoms with E-state index in [-0.39, 0.29) is 0 Å². The molecule has 0 spiro atoms. The summed E-state index contributed by atoms with van der Waals surface area (Å²) in [7, 11) is 1.69. The molecule has 1 aromatic carbocycles. The van der Waals surface area contributed by atoms with Gasteiger partial charge < -0.3 is 10.1 Å². The summed E-state index contributed by atoms with van der Waals surface area (Å²) in [5, 5.41) is 3.49. The lowest BCUT2D eigenvalue weighted by atomic mass is 10.1. The molecule has 0 aliphatic heterocycles. The van der Waals surface area contributed by atoms with Crippen molar-refractivity contribution >= 4 is 0 Å². The normalized spacial score (nSPS) is 12.9. The summed E-state index contributed by atoms with van der Waals surface area (Å²) in [6.07, 6.45) is 0. The Morgan fingerprint density at radius 3 is 2.20 bits per heavy atom. The Morgan fingerprint density at radius 1 is 1.13 bits per heavy atom. The third kappa shape index (κ3) is 3.92. The summed E-state index contributed by atoms with van der Waals surface area (Å²) in [5.74, 6) is 1.58. The van der Waals surface area contributed by atoms with Crippen molar-refractivity contribution < 1.29 is 4.74 Å². The smallest absolute Gasteiger partial charge is 0.118 e. The molecule has 1 aromatic rings. The van der Waals surface area contributed by atoms with E-state index in [1.165, 1.54) is 5.56 Å². The van der Waals surface area contributed by atoms with E-state index in [9.17, 15) is 0 Å². The van der Waals surface area contributed by atoms with Crippen molar-refractivity contribution in [3.8, 4) is 5.75 Å². The van der Waals surface area contributed by atoms with Gasteiger partial charge in [-0.1, -0.05) is 26.0 Å². The van der Waals surface area contributed by atoms with E-state index in [4.69, 9.17) is 4.74 Å². The fourth-order valence-electron chi connectivity index (χ4n) is 1.26. The fourth-order valence-corrected chi connectivity index (χ4v) is 1.26. The molecule has 0 amide bonds. The second kappa shape index (κ2) is 5.76. The van der Waals surface area contributed by atoms with E-state index >= 15 is 0 Å². The van der Waals surface area contributed by atoms with Crippen LogP contribution in [0.2, 0.25) is 0 Å². The largest absolute Gasteiger partial charge is 0.497 e. The van der Waals surface area contributed by atoms with Gasteiger partial charge in [-0.05, 0) is 30.5 Å². The van der Waals surface area contributed by atoms with Crippen molar-refractivity contribution in [3.05, 3.63) is 29.8 Å². The highest BCUT2D eigenvalue weighted by atomic mass is 16.5. The van der Waals surface area contributed by atoms with Gasteiger partial charge in [-0.15, -0.1) is 0 Å². The van der Waals surface area contributed by atoms with Crippen molar-refractivity contribution in [2.24, 2.45) is 5.92 Å². The molecule has 0 aromatic heterocycles. The van der Waals surface area contributed by atoms with E-state index in [1.54, 1.807) is 7.11 Å². The standard InChI is InChI=1S/C13H21NO/c1-10(2)11(3)14-9-12-5-7-13(15-4)8-6-12/h5-8,10-11,14H,9H2,1-4H3. The van der Waals surface area contributed by atoms with Gasteiger partial charge in [-0.3, -0.25) is 0 Å². The lowest BCUT2D eigenvalue weighted by Crippen LogP contribution is -2.30. The molecule has 15 heavy (non-hydrogen) atoms. The molecular weight excluding hydrogens is 186 g/mol. The van der Waals surface area contributed by atoms with E-state index in [2.05, 4.69) is 38.2 Å². The average Bonchev–Trinajstić information content (AvgIpc) is 2.26.